The van der Waals surface area contributed by atoms with Gasteiger partial charge in [0.05, 0.1) is 12.2 Å². The van der Waals surface area contributed by atoms with E-state index in [-0.39, 0.29) is 29.0 Å². The molecule has 0 spiro atoms. The summed E-state index contributed by atoms with van der Waals surface area (Å²) in [6, 6.07) is 0. The summed E-state index contributed by atoms with van der Waals surface area (Å²) in [6.07, 6.45) is 6.70. The smallest absolute Gasteiger partial charge is 0.144 e. The first-order chi connectivity index (χ1) is 10.7. The van der Waals surface area contributed by atoms with Crippen LogP contribution in [-0.2, 0) is 0 Å². The zero-order valence-corrected chi connectivity index (χ0v) is 15.1. The molecule has 4 unspecified atom stereocenters. The lowest BCUT2D eigenvalue weighted by molar-refractivity contribution is -0.180. The topological polar surface area (TPSA) is 60.7 Å². The summed E-state index contributed by atoms with van der Waals surface area (Å²) in [5.41, 5.74) is -0.0362. The largest absolute Gasteiger partial charge is 0.393 e. The van der Waals surface area contributed by atoms with Crippen molar-refractivity contribution in [3.05, 3.63) is 0 Å². The molecule has 0 amide bonds. The fourth-order valence-electron chi connectivity index (χ4n) is 7.16. The number of rotatable bonds is 0. The van der Waals surface area contributed by atoms with E-state index < -0.39 is 5.06 Å². The first-order valence-corrected chi connectivity index (χ1v) is 9.84. The van der Waals surface area contributed by atoms with Gasteiger partial charge >= 0.3 is 0 Å². The summed E-state index contributed by atoms with van der Waals surface area (Å²) in [7, 11) is 0. The molecular formula is C19H31ClO3. The number of aliphatic hydroxyl groups excluding tert-OH is 2. The molecule has 4 fully saturated rings. The minimum atomic E-state index is -1.11. The molecule has 4 saturated carbocycles. The number of hydrogen-bond acceptors (Lipinski definition) is 3. The zero-order chi connectivity index (χ0) is 16.6. The van der Waals surface area contributed by atoms with Gasteiger partial charge in [-0.3, -0.25) is 0 Å². The second-order valence-electron chi connectivity index (χ2n) is 9.48. The van der Waals surface area contributed by atoms with Gasteiger partial charge in [0.1, 0.15) is 5.06 Å². The first kappa shape index (κ1) is 16.6. The van der Waals surface area contributed by atoms with Gasteiger partial charge in [0, 0.05) is 5.41 Å². The van der Waals surface area contributed by atoms with Crippen molar-refractivity contribution in [1.82, 2.24) is 0 Å². The Kier molecular flexibility index (Phi) is 3.68. The van der Waals surface area contributed by atoms with Crippen molar-refractivity contribution in [2.24, 2.45) is 34.5 Å². The molecule has 0 aromatic rings. The maximum absolute atomic E-state index is 11.0. The van der Waals surface area contributed by atoms with Gasteiger partial charge in [-0.25, -0.2) is 0 Å². The van der Waals surface area contributed by atoms with Gasteiger partial charge in [0.25, 0.3) is 0 Å². The van der Waals surface area contributed by atoms with E-state index in [1.165, 1.54) is 0 Å². The molecule has 0 aromatic heterocycles. The normalized spacial score (nSPS) is 62.3. The lowest BCUT2D eigenvalue weighted by Crippen LogP contribution is -2.59. The van der Waals surface area contributed by atoms with E-state index >= 15 is 0 Å². The molecule has 132 valence electrons. The van der Waals surface area contributed by atoms with Crippen molar-refractivity contribution < 1.29 is 15.3 Å². The van der Waals surface area contributed by atoms with Crippen molar-refractivity contribution in [3.63, 3.8) is 0 Å². The summed E-state index contributed by atoms with van der Waals surface area (Å²) < 4.78 is 0. The van der Waals surface area contributed by atoms with Gasteiger partial charge in [-0.2, -0.15) is 0 Å². The van der Waals surface area contributed by atoms with E-state index in [0.717, 1.165) is 44.9 Å². The Morgan fingerprint density at radius 1 is 0.913 bits per heavy atom. The van der Waals surface area contributed by atoms with Crippen LogP contribution in [0.2, 0.25) is 0 Å². The van der Waals surface area contributed by atoms with Crippen LogP contribution in [0.3, 0.4) is 0 Å². The van der Waals surface area contributed by atoms with Crippen LogP contribution in [0.1, 0.15) is 65.2 Å². The van der Waals surface area contributed by atoms with E-state index in [0.29, 0.717) is 24.2 Å². The van der Waals surface area contributed by atoms with Gasteiger partial charge < -0.3 is 15.3 Å². The van der Waals surface area contributed by atoms with Gasteiger partial charge in [-0.05, 0) is 80.5 Å². The monoisotopic (exact) mass is 342 g/mol. The number of alkyl halides is 1. The average molecular weight is 343 g/mol. The standard InChI is InChI=1S/C19H31ClO3/c1-17-6-3-12(21)9-11(17)10-15(22)16-13(17)4-7-18(2)14(16)5-8-19(18,20)23/h11-16,21-23H,3-10H2,1-2H3/t11?,12?,13-,14+,15?,16-,17+,18+,19?/m1/s1. The van der Waals surface area contributed by atoms with E-state index in [2.05, 4.69) is 13.8 Å². The van der Waals surface area contributed by atoms with Crippen molar-refractivity contribution in [3.8, 4) is 0 Å². The molecule has 4 heteroatoms. The van der Waals surface area contributed by atoms with E-state index in [4.69, 9.17) is 11.6 Å². The van der Waals surface area contributed by atoms with Crippen LogP contribution >= 0.6 is 11.6 Å². The van der Waals surface area contributed by atoms with Gasteiger partial charge in [-0.15, -0.1) is 0 Å². The molecule has 0 bridgehead atoms. The number of halogens is 1. The Balaban J connectivity index is 1.68. The molecule has 0 heterocycles. The molecule has 4 aliphatic rings. The van der Waals surface area contributed by atoms with Crippen molar-refractivity contribution >= 4 is 11.6 Å². The summed E-state index contributed by atoms with van der Waals surface area (Å²) in [5.74, 6) is 1.52. The zero-order valence-electron chi connectivity index (χ0n) is 14.3. The molecule has 4 aliphatic carbocycles. The van der Waals surface area contributed by atoms with Crippen LogP contribution in [-0.4, -0.2) is 32.6 Å². The fraction of sp³-hybridized carbons (Fsp3) is 1.00. The van der Waals surface area contributed by atoms with Crippen molar-refractivity contribution in [2.45, 2.75) is 82.5 Å². The lowest BCUT2D eigenvalue weighted by Gasteiger charge is -2.62. The summed E-state index contributed by atoms with van der Waals surface area (Å²) >= 11 is 6.49. The Bertz CT molecular complexity index is 495. The molecule has 0 radical (unpaired) electrons. The molecule has 0 aliphatic heterocycles. The van der Waals surface area contributed by atoms with E-state index in [1.54, 1.807) is 0 Å². The molecule has 0 saturated heterocycles. The molecule has 23 heavy (non-hydrogen) atoms. The summed E-state index contributed by atoms with van der Waals surface area (Å²) in [5, 5.41) is 30.6. The van der Waals surface area contributed by atoms with E-state index in [9.17, 15) is 15.3 Å². The maximum atomic E-state index is 11.0. The molecule has 3 nitrogen and oxygen atoms in total. The molecular weight excluding hydrogens is 312 g/mol. The number of aliphatic hydroxyl groups is 3. The van der Waals surface area contributed by atoms with Gasteiger partial charge in [-0.1, -0.05) is 25.4 Å². The number of fused-ring (bicyclic) bond motifs is 5. The first-order valence-electron chi connectivity index (χ1n) is 9.46. The summed E-state index contributed by atoms with van der Waals surface area (Å²) in [6.45, 7) is 4.54. The Morgan fingerprint density at radius 2 is 1.61 bits per heavy atom. The van der Waals surface area contributed by atoms with Crippen LogP contribution in [0.25, 0.3) is 0 Å². The van der Waals surface area contributed by atoms with Gasteiger partial charge in [0.15, 0.2) is 0 Å². The lowest BCUT2D eigenvalue weighted by atomic mass is 9.44. The second kappa shape index (κ2) is 5.09. The molecule has 9 atom stereocenters. The second-order valence-corrected chi connectivity index (χ2v) is 10.1. The van der Waals surface area contributed by atoms with Crippen molar-refractivity contribution in [2.75, 3.05) is 0 Å². The van der Waals surface area contributed by atoms with Gasteiger partial charge in [0.2, 0.25) is 0 Å². The third-order valence-electron chi connectivity index (χ3n) is 8.71. The predicted octanol–water partition coefficient (Wildman–Crippen LogP) is 3.29. The minimum Gasteiger partial charge on any atom is -0.393 e. The predicted molar refractivity (Wildman–Crippen MR) is 89.9 cm³/mol. The van der Waals surface area contributed by atoms with Crippen molar-refractivity contribution in [1.29, 1.82) is 0 Å². The third-order valence-corrected chi connectivity index (χ3v) is 9.33. The molecule has 0 aromatic carbocycles. The molecule has 4 rings (SSSR count). The SMILES string of the molecule is C[C@]12CCC(O)CC1CC(O)[C@@H]1[C@H]2CC[C@@]2(C)[C@H]1CCC2(O)Cl. The summed E-state index contributed by atoms with van der Waals surface area (Å²) in [4.78, 5) is 0. The molecule has 3 N–H and O–H groups in total. The van der Waals surface area contributed by atoms with E-state index in [1.807, 2.05) is 0 Å². The fourth-order valence-corrected chi connectivity index (χ4v) is 7.51. The quantitative estimate of drug-likeness (QED) is 0.592. The maximum Gasteiger partial charge on any atom is 0.144 e. The van der Waals surface area contributed by atoms with Crippen LogP contribution in [0, 0.1) is 34.5 Å². The minimum absolute atomic E-state index is 0.190. The Labute approximate surface area is 144 Å². The highest BCUT2D eigenvalue weighted by Gasteiger charge is 2.66. The van der Waals surface area contributed by atoms with Crippen LogP contribution in [0.5, 0.6) is 0 Å². The highest BCUT2D eigenvalue weighted by Crippen LogP contribution is 2.68. The Morgan fingerprint density at radius 3 is 2.35 bits per heavy atom. The Hall–Kier alpha value is 0.170. The van der Waals surface area contributed by atoms with Crippen LogP contribution < -0.4 is 0 Å². The average Bonchev–Trinajstić information content (AvgIpc) is 2.72. The third kappa shape index (κ3) is 2.12. The number of hydrogen-bond donors (Lipinski definition) is 3. The van der Waals surface area contributed by atoms with Crippen LogP contribution in [0.15, 0.2) is 0 Å². The highest BCUT2D eigenvalue weighted by molar-refractivity contribution is 6.23. The highest BCUT2D eigenvalue weighted by atomic mass is 35.5. The van der Waals surface area contributed by atoms with Crippen LogP contribution in [0.4, 0.5) is 0 Å².